The molecule has 1 N–H and O–H groups in total. The Bertz CT molecular complexity index is 393. The maximum atomic E-state index is 5.15. The maximum Gasteiger partial charge on any atom is 0.225 e. The summed E-state index contributed by atoms with van der Waals surface area (Å²) in [7, 11) is 6.11. The Hall–Kier alpha value is -0.880. The van der Waals surface area contributed by atoms with Crippen molar-refractivity contribution in [2.24, 2.45) is 13.0 Å². The normalized spacial score (nSPS) is 11.5. The van der Waals surface area contributed by atoms with Gasteiger partial charge in [-0.15, -0.1) is 5.10 Å². The van der Waals surface area contributed by atoms with E-state index in [4.69, 9.17) is 12.2 Å². The van der Waals surface area contributed by atoms with Gasteiger partial charge in [-0.05, 0) is 32.2 Å². The van der Waals surface area contributed by atoms with Crippen LogP contribution in [0.25, 0.3) is 0 Å². The molecule has 0 spiro atoms. The Balaban J connectivity index is 2.82. The third kappa shape index (κ3) is 4.12. The van der Waals surface area contributed by atoms with Crippen molar-refractivity contribution in [2.45, 2.75) is 13.8 Å². The number of nitrogens with one attached hydrogen (secondary N) is 1. The lowest BCUT2D eigenvalue weighted by Gasteiger charge is -2.26. The molecule has 0 unspecified atom stereocenters. The van der Waals surface area contributed by atoms with Gasteiger partial charge in [0.25, 0.3) is 0 Å². The lowest BCUT2D eigenvalue weighted by atomic mass is 10.2. The van der Waals surface area contributed by atoms with Crippen LogP contribution in [0.4, 0.5) is 5.95 Å². The van der Waals surface area contributed by atoms with Crippen LogP contribution in [0.3, 0.4) is 0 Å². The number of hydrogen-bond donors (Lipinski definition) is 1. The van der Waals surface area contributed by atoms with E-state index in [0.717, 1.165) is 25.6 Å². The maximum absolute atomic E-state index is 5.15. The fourth-order valence-electron chi connectivity index (χ4n) is 1.66. The molecule has 1 aromatic heterocycles. The molecule has 0 aliphatic carbocycles. The second-order valence-electron chi connectivity index (χ2n) is 5.03. The molecule has 5 nitrogen and oxygen atoms in total. The van der Waals surface area contributed by atoms with E-state index in [2.05, 4.69) is 47.9 Å². The summed E-state index contributed by atoms with van der Waals surface area (Å²) >= 11 is 5.15. The predicted molar refractivity (Wildman–Crippen MR) is 74.0 cm³/mol. The molecular formula is C11H23N5S. The number of anilines is 1. The zero-order valence-electron chi connectivity index (χ0n) is 11.4. The smallest absolute Gasteiger partial charge is 0.225 e. The number of likely N-dealkylation sites (N-methyl/N-ethyl adjacent to an activating group) is 1. The lowest BCUT2D eigenvalue weighted by Crippen LogP contribution is -2.36. The first-order chi connectivity index (χ1) is 7.91. The summed E-state index contributed by atoms with van der Waals surface area (Å²) in [6.07, 6.45) is 0. The molecule has 0 saturated heterocycles. The van der Waals surface area contributed by atoms with Crippen molar-refractivity contribution in [3.05, 3.63) is 4.77 Å². The Labute approximate surface area is 108 Å². The van der Waals surface area contributed by atoms with Crippen LogP contribution in [0.15, 0.2) is 0 Å². The second kappa shape index (κ2) is 6.16. The van der Waals surface area contributed by atoms with Gasteiger partial charge in [-0.25, -0.2) is 5.10 Å². The first kappa shape index (κ1) is 14.2. The van der Waals surface area contributed by atoms with E-state index in [1.807, 2.05) is 11.6 Å². The molecule has 0 bridgehead atoms. The van der Waals surface area contributed by atoms with Gasteiger partial charge in [0.2, 0.25) is 5.95 Å². The quantitative estimate of drug-likeness (QED) is 0.784. The highest BCUT2D eigenvalue weighted by atomic mass is 32.1. The van der Waals surface area contributed by atoms with E-state index in [1.165, 1.54) is 0 Å². The summed E-state index contributed by atoms with van der Waals surface area (Å²) in [5.74, 6) is 1.52. The number of aromatic amines is 1. The largest absolute Gasteiger partial charge is 0.339 e. The van der Waals surface area contributed by atoms with Crippen molar-refractivity contribution in [3.8, 4) is 0 Å². The SMILES string of the molecule is CC(C)CN(CCN(C)C)c1n[nH]c(=S)n1C. The van der Waals surface area contributed by atoms with Crippen molar-refractivity contribution in [3.63, 3.8) is 0 Å². The molecule has 1 rings (SSSR count). The van der Waals surface area contributed by atoms with Crippen molar-refractivity contribution >= 4 is 18.2 Å². The molecule has 0 saturated carbocycles. The van der Waals surface area contributed by atoms with Crippen LogP contribution in [0.5, 0.6) is 0 Å². The molecule has 0 aliphatic heterocycles. The highest BCUT2D eigenvalue weighted by molar-refractivity contribution is 7.71. The van der Waals surface area contributed by atoms with E-state index in [1.54, 1.807) is 0 Å². The van der Waals surface area contributed by atoms with Crippen LogP contribution in [0.1, 0.15) is 13.8 Å². The Kier molecular flexibility index (Phi) is 5.14. The van der Waals surface area contributed by atoms with E-state index in [-0.39, 0.29) is 0 Å². The molecule has 0 aromatic carbocycles. The first-order valence-corrected chi connectivity index (χ1v) is 6.33. The highest BCUT2D eigenvalue weighted by Crippen LogP contribution is 2.11. The van der Waals surface area contributed by atoms with Crippen LogP contribution in [-0.2, 0) is 7.05 Å². The van der Waals surface area contributed by atoms with Crippen LogP contribution >= 0.6 is 12.2 Å². The van der Waals surface area contributed by atoms with Crippen molar-refractivity contribution in [1.29, 1.82) is 0 Å². The van der Waals surface area contributed by atoms with E-state index in [0.29, 0.717) is 10.7 Å². The van der Waals surface area contributed by atoms with Gasteiger partial charge in [-0.3, -0.25) is 4.57 Å². The molecular weight excluding hydrogens is 234 g/mol. The van der Waals surface area contributed by atoms with Crippen molar-refractivity contribution in [2.75, 3.05) is 38.6 Å². The molecule has 0 aliphatic rings. The zero-order chi connectivity index (χ0) is 13.0. The Morgan fingerprint density at radius 3 is 2.41 bits per heavy atom. The predicted octanol–water partition coefficient (Wildman–Crippen LogP) is 1.50. The molecule has 6 heteroatoms. The molecule has 0 fully saturated rings. The number of nitrogens with zero attached hydrogens (tertiary/aromatic N) is 4. The van der Waals surface area contributed by atoms with Gasteiger partial charge in [0.15, 0.2) is 4.77 Å². The van der Waals surface area contributed by atoms with Crippen molar-refractivity contribution < 1.29 is 0 Å². The minimum absolute atomic E-state index is 0.599. The minimum Gasteiger partial charge on any atom is -0.339 e. The monoisotopic (exact) mass is 257 g/mol. The van der Waals surface area contributed by atoms with E-state index >= 15 is 0 Å². The summed E-state index contributed by atoms with van der Waals surface area (Å²) in [4.78, 5) is 4.45. The summed E-state index contributed by atoms with van der Waals surface area (Å²) in [6, 6.07) is 0. The highest BCUT2D eigenvalue weighted by Gasteiger charge is 2.14. The molecule has 1 aromatic rings. The van der Waals surface area contributed by atoms with Crippen molar-refractivity contribution in [1.82, 2.24) is 19.7 Å². The second-order valence-corrected chi connectivity index (χ2v) is 5.42. The molecule has 0 atom stereocenters. The first-order valence-electron chi connectivity index (χ1n) is 5.93. The fourth-order valence-corrected chi connectivity index (χ4v) is 1.78. The summed E-state index contributed by atoms with van der Waals surface area (Å²) in [5.41, 5.74) is 0. The van der Waals surface area contributed by atoms with Gasteiger partial charge in [0.05, 0.1) is 0 Å². The summed E-state index contributed by atoms with van der Waals surface area (Å²) in [6.45, 7) is 7.38. The van der Waals surface area contributed by atoms with Gasteiger partial charge >= 0.3 is 0 Å². The lowest BCUT2D eigenvalue weighted by molar-refractivity contribution is 0.406. The molecule has 0 amide bonds. The van der Waals surface area contributed by atoms with Gasteiger partial charge in [0.1, 0.15) is 0 Å². The van der Waals surface area contributed by atoms with Gasteiger partial charge in [-0.2, -0.15) is 0 Å². The number of H-pyrrole nitrogens is 1. The number of rotatable bonds is 6. The molecule has 1 heterocycles. The van der Waals surface area contributed by atoms with Crippen LogP contribution in [0, 0.1) is 10.7 Å². The van der Waals surface area contributed by atoms with Gasteiger partial charge in [0, 0.05) is 26.7 Å². The van der Waals surface area contributed by atoms with Gasteiger partial charge in [-0.1, -0.05) is 13.8 Å². The standard InChI is InChI=1S/C11H23N5S/c1-9(2)8-16(7-6-14(3)4)10-12-13-11(17)15(10)5/h9H,6-8H2,1-5H3,(H,13,17). The third-order valence-electron chi connectivity index (χ3n) is 2.54. The van der Waals surface area contributed by atoms with E-state index < -0.39 is 0 Å². The average Bonchev–Trinajstić information content (AvgIpc) is 2.54. The van der Waals surface area contributed by atoms with Gasteiger partial charge < -0.3 is 9.80 Å². The Morgan fingerprint density at radius 2 is 2.00 bits per heavy atom. The summed E-state index contributed by atoms with van der Waals surface area (Å²) < 4.78 is 2.59. The molecule has 17 heavy (non-hydrogen) atoms. The summed E-state index contributed by atoms with van der Waals surface area (Å²) in [5, 5.41) is 7.14. The zero-order valence-corrected chi connectivity index (χ0v) is 12.2. The van der Waals surface area contributed by atoms with Crippen LogP contribution in [0.2, 0.25) is 0 Å². The van der Waals surface area contributed by atoms with E-state index in [9.17, 15) is 0 Å². The minimum atomic E-state index is 0.599. The number of aromatic nitrogens is 3. The Morgan fingerprint density at radius 1 is 1.35 bits per heavy atom. The third-order valence-corrected chi connectivity index (χ3v) is 2.91. The topological polar surface area (TPSA) is 40.1 Å². The number of hydrogen-bond acceptors (Lipinski definition) is 4. The average molecular weight is 257 g/mol. The fraction of sp³-hybridized carbons (Fsp3) is 0.818. The van der Waals surface area contributed by atoms with Crippen LogP contribution < -0.4 is 4.90 Å². The molecule has 98 valence electrons. The molecule has 0 radical (unpaired) electrons. The van der Waals surface area contributed by atoms with Crippen LogP contribution in [-0.4, -0.2) is 53.4 Å².